The van der Waals surface area contributed by atoms with Crippen LogP contribution in [0.4, 0.5) is 0 Å². The van der Waals surface area contributed by atoms with Crippen LogP contribution in [0.25, 0.3) is 0 Å². The van der Waals surface area contributed by atoms with Gasteiger partial charge in [-0.3, -0.25) is 0 Å². The molecule has 0 aromatic carbocycles. The zero-order valence-electron chi connectivity index (χ0n) is 15.4. The highest BCUT2D eigenvalue weighted by Gasteiger charge is 2.25. The van der Waals surface area contributed by atoms with E-state index >= 15 is 0 Å². The minimum Gasteiger partial charge on any atom is -0.394 e. The molecule has 2 rings (SSSR count). The van der Waals surface area contributed by atoms with Gasteiger partial charge in [0.1, 0.15) is 0 Å². The average Bonchev–Trinajstić information content (AvgIpc) is 2.85. The number of hydrogen-bond acceptors (Lipinski definition) is 3. The summed E-state index contributed by atoms with van der Waals surface area (Å²) < 4.78 is 3.88. The van der Waals surface area contributed by atoms with Crippen molar-refractivity contribution in [1.29, 1.82) is 0 Å². The lowest BCUT2D eigenvalue weighted by molar-refractivity contribution is 0.219. The van der Waals surface area contributed by atoms with Gasteiger partial charge in [-0.15, -0.1) is 0 Å². The predicted octanol–water partition coefficient (Wildman–Crippen LogP) is 2.69. The topological polar surface area (TPSA) is 69.2 Å². The van der Waals surface area contributed by atoms with E-state index in [4.69, 9.17) is 0 Å². The Balaban J connectivity index is 1.92. The molecule has 0 bridgehead atoms. The number of allylic oxidation sites excluding steroid dienone is 3. The van der Waals surface area contributed by atoms with E-state index in [1.807, 2.05) is 12.2 Å². The Morgan fingerprint density at radius 2 is 1.64 bits per heavy atom. The molecule has 0 saturated heterocycles. The molecule has 1 N–H and O–H groups in total. The lowest BCUT2D eigenvalue weighted by Crippen LogP contribution is -2.35. The highest BCUT2D eigenvalue weighted by molar-refractivity contribution is 5.11. The second-order valence-electron chi connectivity index (χ2n) is 6.78. The van der Waals surface area contributed by atoms with E-state index in [9.17, 15) is 14.7 Å². The summed E-state index contributed by atoms with van der Waals surface area (Å²) >= 11 is 0. The molecule has 0 fully saturated rings. The first-order valence-electron chi connectivity index (χ1n) is 9.47. The number of nitrogens with zero attached hydrogens (tertiary/aromatic N) is 3. The van der Waals surface area contributed by atoms with Gasteiger partial charge in [0, 0.05) is 7.05 Å². The van der Waals surface area contributed by atoms with Crippen LogP contribution in [0.1, 0.15) is 70.4 Å². The number of unbranched alkanes of at least 4 members (excludes halogenated alkanes) is 7. The second-order valence-corrected chi connectivity index (χ2v) is 6.78. The highest BCUT2D eigenvalue weighted by atomic mass is 16.3. The molecule has 2 heterocycles. The summed E-state index contributed by atoms with van der Waals surface area (Å²) in [5, 5.41) is 9.45. The fourth-order valence-electron chi connectivity index (χ4n) is 3.29. The smallest absolute Gasteiger partial charge is 0.347 e. The molecular formula is C19H31N3O3. The quantitative estimate of drug-likeness (QED) is 0.521. The van der Waals surface area contributed by atoms with Gasteiger partial charge >= 0.3 is 11.4 Å². The van der Waals surface area contributed by atoms with Crippen LogP contribution in [0.15, 0.2) is 33.9 Å². The molecule has 0 radical (unpaired) electrons. The zero-order valence-corrected chi connectivity index (χ0v) is 15.4. The SMILES string of the molecule is CCCCCCCCC/C=C/C1C=CC(CO)n2c(=O)n(C)c(=O)n21. The summed E-state index contributed by atoms with van der Waals surface area (Å²) in [4.78, 5) is 24.5. The van der Waals surface area contributed by atoms with Gasteiger partial charge in [0.15, 0.2) is 0 Å². The van der Waals surface area contributed by atoms with Crippen molar-refractivity contribution in [3.63, 3.8) is 0 Å². The maximum Gasteiger partial charge on any atom is 0.347 e. The van der Waals surface area contributed by atoms with Crippen LogP contribution in [0.5, 0.6) is 0 Å². The van der Waals surface area contributed by atoms with Crippen molar-refractivity contribution < 1.29 is 5.11 Å². The molecule has 0 saturated carbocycles. The Labute approximate surface area is 149 Å². The number of aliphatic hydroxyl groups excluding tert-OH is 1. The number of aliphatic hydroxyl groups is 1. The summed E-state index contributed by atoms with van der Waals surface area (Å²) in [6.07, 6.45) is 17.6. The second kappa shape index (κ2) is 9.61. The van der Waals surface area contributed by atoms with E-state index < -0.39 is 6.04 Å². The fraction of sp³-hybridized carbons (Fsp3) is 0.684. The molecule has 1 aromatic rings. The monoisotopic (exact) mass is 349 g/mol. The first kappa shape index (κ1) is 19.5. The molecule has 140 valence electrons. The summed E-state index contributed by atoms with van der Waals surface area (Å²) in [5.41, 5.74) is -0.739. The Morgan fingerprint density at radius 1 is 1.00 bits per heavy atom. The molecule has 0 amide bonds. The molecule has 1 aromatic heterocycles. The molecular weight excluding hydrogens is 318 g/mol. The van der Waals surface area contributed by atoms with Crippen molar-refractivity contribution in [2.24, 2.45) is 7.05 Å². The third-order valence-electron chi connectivity index (χ3n) is 4.82. The van der Waals surface area contributed by atoms with Crippen LogP contribution < -0.4 is 11.4 Å². The van der Waals surface area contributed by atoms with Gasteiger partial charge < -0.3 is 5.11 Å². The van der Waals surface area contributed by atoms with E-state index in [-0.39, 0.29) is 24.0 Å². The Kier molecular flexibility index (Phi) is 7.50. The van der Waals surface area contributed by atoms with E-state index in [1.165, 1.54) is 54.9 Å². The maximum atomic E-state index is 12.3. The van der Waals surface area contributed by atoms with Crippen molar-refractivity contribution >= 4 is 0 Å². The van der Waals surface area contributed by atoms with Crippen LogP contribution in [-0.2, 0) is 7.05 Å². The Bertz CT molecular complexity index is 708. The maximum absolute atomic E-state index is 12.3. The molecule has 2 unspecified atom stereocenters. The Morgan fingerprint density at radius 3 is 2.32 bits per heavy atom. The number of rotatable bonds is 10. The van der Waals surface area contributed by atoms with Crippen molar-refractivity contribution in [3.8, 4) is 0 Å². The summed E-state index contributed by atoms with van der Waals surface area (Å²) in [6, 6.07) is -0.747. The molecule has 0 spiro atoms. The summed E-state index contributed by atoms with van der Waals surface area (Å²) in [6.45, 7) is 2.03. The first-order valence-corrected chi connectivity index (χ1v) is 9.47. The van der Waals surface area contributed by atoms with Gasteiger partial charge in [-0.2, -0.15) is 0 Å². The summed E-state index contributed by atoms with van der Waals surface area (Å²) in [7, 11) is 1.47. The van der Waals surface area contributed by atoms with Gasteiger partial charge in [-0.05, 0) is 12.8 Å². The van der Waals surface area contributed by atoms with Crippen LogP contribution in [0.3, 0.4) is 0 Å². The van der Waals surface area contributed by atoms with Crippen molar-refractivity contribution in [3.05, 3.63) is 45.3 Å². The van der Waals surface area contributed by atoms with Crippen LogP contribution in [0.2, 0.25) is 0 Å². The predicted molar refractivity (Wildman–Crippen MR) is 100.0 cm³/mol. The normalized spacial score (nSPS) is 19.6. The molecule has 6 nitrogen and oxygen atoms in total. The van der Waals surface area contributed by atoms with Crippen molar-refractivity contribution in [2.45, 2.75) is 70.4 Å². The van der Waals surface area contributed by atoms with Crippen LogP contribution >= 0.6 is 0 Å². The van der Waals surface area contributed by atoms with Gasteiger partial charge in [0.25, 0.3) is 0 Å². The molecule has 2 atom stereocenters. The number of aromatic nitrogens is 3. The lowest BCUT2D eigenvalue weighted by atomic mass is 10.1. The molecule has 1 aliphatic rings. The third-order valence-corrected chi connectivity index (χ3v) is 4.82. The minimum absolute atomic E-state index is 0.200. The standard InChI is InChI=1S/C19H31N3O3/c1-3-4-5-6-7-8-9-10-11-12-16-13-14-17(15-23)22-19(25)20(2)18(24)21(16)22/h11-14,16-17,23H,3-10,15H2,1-2H3/b12-11+. The minimum atomic E-state index is -0.478. The largest absolute Gasteiger partial charge is 0.394 e. The van der Waals surface area contributed by atoms with Crippen LogP contribution in [-0.4, -0.2) is 25.6 Å². The lowest BCUT2D eigenvalue weighted by Gasteiger charge is -2.23. The molecule has 6 heteroatoms. The zero-order chi connectivity index (χ0) is 18.2. The van der Waals surface area contributed by atoms with Gasteiger partial charge in [-0.25, -0.2) is 23.5 Å². The fourth-order valence-corrected chi connectivity index (χ4v) is 3.29. The van der Waals surface area contributed by atoms with E-state index in [2.05, 4.69) is 13.0 Å². The molecule has 0 aliphatic carbocycles. The van der Waals surface area contributed by atoms with Crippen molar-refractivity contribution in [2.75, 3.05) is 6.61 Å². The van der Waals surface area contributed by atoms with Gasteiger partial charge in [0.05, 0.1) is 18.7 Å². The van der Waals surface area contributed by atoms with Crippen LogP contribution in [0, 0.1) is 0 Å². The third kappa shape index (κ3) is 4.63. The number of fused-ring (bicyclic) bond motifs is 1. The van der Waals surface area contributed by atoms with Gasteiger partial charge in [0.2, 0.25) is 0 Å². The summed E-state index contributed by atoms with van der Waals surface area (Å²) in [5.74, 6) is 0. The van der Waals surface area contributed by atoms with Gasteiger partial charge in [-0.1, -0.05) is 69.8 Å². The number of hydrogen-bond donors (Lipinski definition) is 1. The molecule has 1 aliphatic heterocycles. The van der Waals surface area contributed by atoms with Crippen molar-refractivity contribution in [1.82, 2.24) is 13.9 Å². The van der Waals surface area contributed by atoms with E-state index in [0.29, 0.717) is 0 Å². The highest BCUT2D eigenvalue weighted by Crippen LogP contribution is 2.19. The average molecular weight is 349 g/mol. The first-order chi connectivity index (χ1) is 12.1. The van der Waals surface area contributed by atoms with E-state index in [1.54, 1.807) is 6.08 Å². The van der Waals surface area contributed by atoms with E-state index in [0.717, 1.165) is 17.4 Å². The molecule has 25 heavy (non-hydrogen) atoms. The Hall–Kier alpha value is -1.82.